The predicted molar refractivity (Wildman–Crippen MR) is 117 cm³/mol. The zero-order chi connectivity index (χ0) is 23.5. The summed E-state index contributed by atoms with van der Waals surface area (Å²) in [5.41, 5.74) is 0.710. The van der Waals surface area contributed by atoms with Crippen molar-refractivity contribution in [1.82, 2.24) is 9.97 Å². The highest BCUT2D eigenvalue weighted by Crippen LogP contribution is 2.23. The van der Waals surface area contributed by atoms with E-state index in [0.717, 1.165) is 6.26 Å². The second-order valence-electron chi connectivity index (χ2n) is 6.52. The van der Waals surface area contributed by atoms with Gasteiger partial charge in [0.15, 0.2) is 15.5 Å². The molecule has 0 atom stereocenters. The number of hydrogen-bond donors (Lipinski definition) is 3. The number of amides is 2. The number of imidazole rings is 1. The number of carbonyl (C=O) groups is 3. The van der Waals surface area contributed by atoms with Crippen molar-refractivity contribution in [3.8, 4) is 0 Å². The molecule has 2 aromatic carbocycles. The first kappa shape index (κ1) is 23.0. The SMILES string of the molecule is COC(=O)c1nc[nH]c1C(=O)Nc1ccc(NC(=O)c2ccc(S(C)(=O)=O)cc2Cl)cc1. The van der Waals surface area contributed by atoms with Crippen molar-refractivity contribution in [3.05, 3.63) is 70.8 Å². The fourth-order valence-corrected chi connectivity index (χ4v) is 3.64. The number of H-pyrrole nitrogens is 1. The van der Waals surface area contributed by atoms with Gasteiger partial charge in [-0.25, -0.2) is 18.2 Å². The van der Waals surface area contributed by atoms with Crippen LogP contribution < -0.4 is 10.6 Å². The molecule has 3 N–H and O–H groups in total. The maximum absolute atomic E-state index is 12.5. The molecule has 0 spiro atoms. The Balaban J connectivity index is 1.69. The van der Waals surface area contributed by atoms with Crippen molar-refractivity contribution >= 4 is 50.6 Å². The Morgan fingerprint density at radius 3 is 2.12 bits per heavy atom. The Labute approximate surface area is 187 Å². The number of anilines is 2. The number of ether oxygens (including phenoxy) is 1. The third-order valence-corrected chi connectivity index (χ3v) is 5.68. The van der Waals surface area contributed by atoms with Crippen LogP contribution in [0.25, 0.3) is 0 Å². The molecule has 0 fully saturated rings. The first-order valence-electron chi connectivity index (χ1n) is 8.94. The van der Waals surface area contributed by atoms with Gasteiger partial charge in [-0.15, -0.1) is 0 Å². The van der Waals surface area contributed by atoms with Gasteiger partial charge in [0.1, 0.15) is 5.69 Å². The number of carbonyl (C=O) groups excluding carboxylic acids is 3. The Kier molecular flexibility index (Phi) is 6.61. The largest absolute Gasteiger partial charge is 0.464 e. The molecule has 1 aromatic heterocycles. The number of aromatic nitrogens is 2. The molecule has 0 radical (unpaired) electrons. The maximum Gasteiger partial charge on any atom is 0.359 e. The highest BCUT2D eigenvalue weighted by atomic mass is 35.5. The van der Waals surface area contributed by atoms with Crippen LogP contribution in [0.3, 0.4) is 0 Å². The molecule has 1 heterocycles. The lowest BCUT2D eigenvalue weighted by Gasteiger charge is -2.09. The van der Waals surface area contributed by atoms with Gasteiger partial charge in [-0.2, -0.15) is 0 Å². The van der Waals surface area contributed by atoms with Crippen LogP contribution in [-0.4, -0.2) is 49.5 Å². The fraction of sp³-hybridized carbons (Fsp3) is 0.100. The quantitative estimate of drug-likeness (QED) is 0.463. The van der Waals surface area contributed by atoms with Crippen LogP contribution in [0.5, 0.6) is 0 Å². The standard InChI is InChI=1S/C20H17ClN4O6S/c1-31-20(28)17-16(22-10-23-17)19(27)25-12-5-3-11(4-6-12)24-18(26)14-8-7-13(9-15(14)21)32(2,29)30/h3-10H,1-2H3,(H,22,23)(H,24,26)(H,25,27). The lowest BCUT2D eigenvalue weighted by molar-refractivity contribution is 0.0591. The summed E-state index contributed by atoms with van der Waals surface area (Å²) in [5, 5.41) is 5.23. The van der Waals surface area contributed by atoms with Gasteiger partial charge < -0.3 is 20.4 Å². The topological polar surface area (TPSA) is 147 Å². The Morgan fingerprint density at radius 1 is 1.00 bits per heavy atom. The number of nitrogens with one attached hydrogen (secondary N) is 3. The molecule has 0 bridgehead atoms. The lowest BCUT2D eigenvalue weighted by atomic mass is 10.2. The van der Waals surface area contributed by atoms with Crippen LogP contribution in [0.15, 0.2) is 53.7 Å². The van der Waals surface area contributed by atoms with Gasteiger partial charge in [0.05, 0.1) is 28.9 Å². The summed E-state index contributed by atoms with van der Waals surface area (Å²) in [6.45, 7) is 0. The van der Waals surface area contributed by atoms with Crippen LogP contribution in [0, 0.1) is 0 Å². The third-order valence-electron chi connectivity index (χ3n) is 4.26. The normalized spacial score (nSPS) is 11.0. The summed E-state index contributed by atoms with van der Waals surface area (Å²) in [6, 6.07) is 9.99. The van der Waals surface area contributed by atoms with E-state index in [1.165, 1.54) is 43.8 Å². The van der Waals surface area contributed by atoms with Gasteiger partial charge in [-0.3, -0.25) is 9.59 Å². The molecule has 12 heteroatoms. The van der Waals surface area contributed by atoms with Gasteiger partial charge in [0, 0.05) is 17.6 Å². The van der Waals surface area contributed by atoms with Crippen molar-refractivity contribution in [1.29, 1.82) is 0 Å². The molecule has 0 saturated carbocycles. The lowest BCUT2D eigenvalue weighted by Crippen LogP contribution is -2.17. The zero-order valence-electron chi connectivity index (χ0n) is 16.8. The molecule has 0 unspecified atom stereocenters. The first-order valence-corrected chi connectivity index (χ1v) is 11.2. The van der Waals surface area contributed by atoms with Gasteiger partial charge in [-0.05, 0) is 42.5 Å². The summed E-state index contributed by atoms with van der Waals surface area (Å²) in [6.07, 6.45) is 2.24. The molecule has 0 aliphatic carbocycles. The molecular weight excluding hydrogens is 460 g/mol. The number of sulfone groups is 1. The van der Waals surface area contributed by atoms with E-state index in [4.69, 9.17) is 11.6 Å². The number of halogens is 1. The van der Waals surface area contributed by atoms with Crippen molar-refractivity contribution in [2.45, 2.75) is 4.90 Å². The maximum atomic E-state index is 12.5. The monoisotopic (exact) mass is 476 g/mol. The minimum Gasteiger partial charge on any atom is -0.464 e. The highest BCUT2D eigenvalue weighted by Gasteiger charge is 2.21. The van der Waals surface area contributed by atoms with Gasteiger partial charge >= 0.3 is 5.97 Å². The number of rotatable bonds is 6. The molecule has 166 valence electrons. The van der Waals surface area contributed by atoms with Crippen LogP contribution in [0.4, 0.5) is 11.4 Å². The zero-order valence-corrected chi connectivity index (χ0v) is 18.4. The molecule has 0 saturated heterocycles. The summed E-state index contributed by atoms with van der Waals surface area (Å²) in [5.74, 6) is -1.89. The predicted octanol–water partition coefficient (Wildman–Crippen LogP) is 2.76. The fourth-order valence-electron chi connectivity index (χ4n) is 2.66. The molecule has 3 aromatic rings. The van der Waals surface area contributed by atoms with E-state index >= 15 is 0 Å². The van der Waals surface area contributed by atoms with Crippen molar-refractivity contribution in [3.63, 3.8) is 0 Å². The molecule has 2 amide bonds. The average molecular weight is 477 g/mol. The van der Waals surface area contributed by atoms with Gasteiger partial charge in [0.25, 0.3) is 11.8 Å². The van der Waals surface area contributed by atoms with Crippen molar-refractivity contribution in [2.75, 3.05) is 24.0 Å². The number of aromatic amines is 1. The smallest absolute Gasteiger partial charge is 0.359 e. The number of benzene rings is 2. The van der Waals surface area contributed by atoms with E-state index < -0.39 is 27.6 Å². The Bertz CT molecular complexity index is 1300. The minimum atomic E-state index is -3.45. The molecule has 32 heavy (non-hydrogen) atoms. The third kappa shape index (κ3) is 5.13. The van der Waals surface area contributed by atoms with Gasteiger partial charge in [0.2, 0.25) is 0 Å². The summed E-state index contributed by atoms with van der Waals surface area (Å²) >= 11 is 6.06. The first-order chi connectivity index (χ1) is 15.1. The summed E-state index contributed by atoms with van der Waals surface area (Å²) < 4.78 is 27.8. The molecule has 0 aliphatic heterocycles. The van der Waals surface area contributed by atoms with E-state index in [1.807, 2.05) is 0 Å². The van der Waals surface area contributed by atoms with Crippen molar-refractivity contribution < 1.29 is 27.5 Å². The number of esters is 1. The molecule has 10 nitrogen and oxygen atoms in total. The van der Waals surface area contributed by atoms with E-state index in [2.05, 4.69) is 25.3 Å². The molecule has 3 rings (SSSR count). The van der Waals surface area contributed by atoms with Crippen LogP contribution in [0.1, 0.15) is 31.3 Å². The van der Waals surface area contributed by atoms with Gasteiger partial charge in [-0.1, -0.05) is 11.6 Å². The second-order valence-corrected chi connectivity index (χ2v) is 8.94. The van der Waals surface area contributed by atoms with Crippen LogP contribution in [0.2, 0.25) is 5.02 Å². The number of methoxy groups -OCH3 is 1. The summed E-state index contributed by atoms with van der Waals surface area (Å²) in [7, 11) is -2.27. The Hall–Kier alpha value is -3.70. The van der Waals surface area contributed by atoms with E-state index in [9.17, 15) is 22.8 Å². The van der Waals surface area contributed by atoms with E-state index in [-0.39, 0.29) is 26.9 Å². The highest BCUT2D eigenvalue weighted by molar-refractivity contribution is 7.90. The summed E-state index contributed by atoms with van der Waals surface area (Å²) in [4.78, 5) is 42.9. The van der Waals surface area contributed by atoms with E-state index in [0.29, 0.717) is 11.4 Å². The van der Waals surface area contributed by atoms with Crippen LogP contribution in [-0.2, 0) is 14.6 Å². The average Bonchev–Trinajstić information content (AvgIpc) is 3.24. The Morgan fingerprint density at radius 2 is 1.59 bits per heavy atom. The van der Waals surface area contributed by atoms with Crippen LogP contribution >= 0.6 is 11.6 Å². The second kappa shape index (κ2) is 9.20. The minimum absolute atomic E-state index is 0.00437. The molecule has 0 aliphatic rings. The van der Waals surface area contributed by atoms with Crippen molar-refractivity contribution in [2.24, 2.45) is 0 Å². The van der Waals surface area contributed by atoms with E-state index in [1.54, 1.807) is 12.1 Å². The molecular formula is C20H17ClN4O6S. The number of nitrogens with zero attached hydrogens (tertiary/aromatic N) is 1. The number of hydrogen-bond acceptors (Lipinski definition) is 7.